The van der Waals surface area contributed by atoms with E-state index in [4.69, 9.17) is 15.0 Å². The van der Waals surface area contributed by atoms with E-state index in [1.54, 1.807) is 7.11 Å². The SMILES string of the molecule is CCOC(=O)C1(NCCCN=[N+]=[N-])CCCC(OC)C1. The highest BCUT2D eigenvalue weighted by molar-refractivity contribution is 5.81. The molecule has 0 aromatic heterocycles. The molecule has 1 saturated carbocycles. The average molecular weight is 284 g/mol. The standard InChI is InChI=1S/C13H24N4O3/c1-3-20-12(18)13(15-8-5-9-16-17-14)7-4-6-11(10-13)19-2/h11,15H,3-10H2,1-2H3. The maximum atomic E-state index is 12.3. The van der Waals surface area contributed by atoms with Crippen LogP contribution in [0.15, 0.2) is 5.11 Å². The van der Waals surface area contributed by atoms with Gasteiger partial charge in [0.25, 0.3) is 0 Å². The molecular weight excluding hydrogens is 260 g/mol. The van der Waals surface area contributed by atoms with Gasteiger partial charge < -0.3 is 14.8 Å². The van der Waals surface area contributed by atoms with Crippen LogP contribution in [0, 0.1) is 0 Å². The second-order valence-electron chi connectivity index (χ2n) is 4.99. The summed E-state index contributed by atoms with van der Waals surface area (Å²) in [6.45, 7) is 3.23. The third kappa shape index (κ3) is 4.67. The van der Waals surface area contributed by atoms with Crippen LogP contribution in [0.4, 0.5) is 0 Å². The summed E-state index contributed by atoms with van der Waals surface area (Å²) in [5.74, 6) is -0.203. The quantitative estimate of drug-likeness (QED) is 0.243. The topological polar surface area (TPSA) is 96.3 Å². The maximum Gasteiger partial charge on any atom is 0.326 e. The van der Waals surface area contributed by atoms with Crippen LogP contribution in [0.25, 0.3) is 10.4 Å². The lowest BCUT2D eigenvalue weighted by atomic mass is 9.80. The molecule has 0 heterocycles. The van der Waals surface area contributed by atoms with Crippen LogP contribution in [0.5, 0.6) is 0 Å². The molecule has 0 aliphatic heterocycles. The molecule has 2 unspecified atom stereocenters. The summed E-state index contributed by atoms with van der Waals surface area (Å²) in [5.41, 5.74) is 7.58. The van der Waals surface area contributed by atoms with E-state index in [1.165, 1.54) is 0 Å². The summed E-state index contributed by atoms with van der Waals surface area (Å²) < 4.78 is 10.6. The van der Waals surface area contributed by atoms with Gasteiger partial charge in [0.15, 0.2) is 0 Å². The number of carbonyl (C=O) groups is 1. The molecule has 7 heteroatoms. The summed E-state index contributed by atoms with van der Waals surface area (Å²) >= 11 is 0. The van der Waals surface area contributed by atoms with Crippen molar-refractivity contribution in [2.75, 3.05) is 26.8 Å². The Morgan fingerprint density at radius 1 is 1.60 bits per heavy atom. The van der Waals surface area contributed by atoms with Gasteiger partial charge in [-0.15, -0.1) is 0 Å². The van der Waals surface area contributed by atoms with Crippen LogP contribution in [0.1, 0.15) is 39.0 Å². The van der Waals surface area contributed by atoms with Gasteiger partial charge in [0.05, 0.1) is 12.7 Å². The molecule has 20 heavy (non-hydrogen) atoms. The molecule has 1 N–H and O–H groups in total. The normalized spacial score (nSPS) is 25.8. The molecule has 2 atom stereocenters. The fourth-order valence-corrected chi connectivity index (χ4v) is 2.63. The predicted molar refractivity (Wildman–Crippen MR) is 75.3 cm³/mol. The van der Waals surface area contributed by atoms with Gasteiger partial charge in [-0.2, -0.15) is 0 Å². The number of ether oxygens (including phenoxy) is 2. The van der Waals surface area contributed by atoms with Gasteiger partial charge in [-0.05, 0) is 44.7 Å². The number of esters is 1. The van der Waals surface area contributed by atoms with Gasteiger partial charge in [0.2, 0.25) is 0 Å². The molecule has 0 aromatic rings. The van der Waals surface area contributed by atoms with Crippen molar-refractivity contribution in [3.05, 3.63) is 10.4 Å². The maximum absolute atomic E-state index is 12.3. The first kappa shape index (κ1) is 16.8. The highest BCUT2D eigenvalue weighted by Gasteiger charge is 2.43. The fourth-order valence-electron chi connectivity index (χ4n) is 2.63. The lowest BCUT2D eigenvalue weighted by molar-refractivity contribution is -0.155. The van der Waals surface area contributed by atoms with E-state index in [0.717, 1.165) is 19.3 Å². The molecule has 0 bridgehead atoms. The number of hydrogen-bond acceptors (Lipinski definition) is 5. The highest BCUT2D eigenvalue weighted by atomic mass is 16.5. The van der Waals surface area contributed by atoms with E-state index in [2.05, 4.69) is 15.3 Å². The van der Waals surface area contributed by atoms with Crippen molar-refractivity contribution in [1.82, 2.24) is 5.32 Å². The molecular formula is C13H24N4O3. The molecule has 1 aliphatic rings. The summed E-state index contributed by atoms with van der Waals surface area (Å²) in [4.78, 5) is 15.0. The van der Waals surface area contributed by atoms with E-state index < -0.39 is 5.54 Å². The molecule has 1 fully saturated rings. The first-order valence-electron chi connectivity index (χ1n) is 7.14. The molecule has 7 nitrogen and oxygen atoms in total. The zero-order valence-corrected chi connectivity index (χ0v) is 12.3. The molecule has 0 saturated heterocycles. The number of nitrogens with one attached hydrogen (secondary N) is 1. The number of carbonyl (C=O) groups excluding carboxylic acids is 1. The number of methoxy groups -OCH3 is 1. The Labute approximate surface area is 119 Å². The molecule has 114 valence electrons. The fraction of sp³-hybridized carbons (Fsp3) is 0.923. The van der Waals surface area contributed by atoms with Crippen LogP contribution in [-0.4, -0.2) is 44.4 Å². The smallest absolute Gasteiger partial charge is 0.326 e. The monoisotopic (exact) mass is 284 g/mol. The molecule has 0 radical (unpaired) electrons. The summed E-state index contributed by atoms with van der Waals surface area (Å²) in [6.07, 6.45) is 4.07. The highest BCUT2D eigenvalue weighted by Crippen LogP contribution is 2.31. The van der Waals surface area contributed by atoms with Crippen molar-refractivity contribution in [2.24, 2.45) is 5.11 Å². The molecule has 0 aromatic carbocycles. The third-order valence-electron chi connectivity index (χ3n) is 3.67. The van der Waals surface area contributed by atoms with Crippen LogP contribution >= 0.6 is 0 Å². The van der Waals surface area contributed by atoms with Crippen LogP contribution in [0.3, 0.4) is 0 Å². The minimum Gasteiger partial charge on any atom is -0.465 e. The van der Waals surface area contributed by atoms with E-state index in [1.807, 2.05) is 6.92 Å². The van der Waals surface area contributed by atoms with Gasteiger partial charge in [-0.1, -0.05) is 5.11 Å². The summed E-state index contributed by atoms with van der Waals surface area (Å²) in [6, 6.07) is 0. The second kappa shape index (κ2) is 8.79. The van der Waals surface area contributed by atoms with Gasteiger partial charge in [-0.25, -0.2) is 0 Å². The van der Waals surface area contributed by atoms with Crippen molar-refractivity contribution < 1.29 is 14.3 Å². The lowest BCUT2D eigenvalue weighted by Gasteiger charge is -2.39. The molecule has 1 rings (SSSR count). The zero-order valence-electron chi connectivity index (χ0n) is 12.3. The Morgan fingerprint density at radius 2 is 2.40 bits per heavy atom. The van der Waals surface area contributed by atoms with Gasteiger partial charge in [0, 0.05) is 25.0 Å². The molecule has 1 aliphatic carbocycles. The Kier molecular flexibility index (Phi) is 7.36. The minimum atomic E-state index is -0.661. The Bertz CT molecular complexity index is 358. The first-order chi connectivity index (χ1) is 9.68. The number of hydrogen-bond donors (Lipinski definition) is 1. The number of rotatable bonds is 8. The lowest BCUT2D eigenvalue weighted by Crippen LogP contribution is -2.57. The van der Waals surface area contributed by atoms with Crippen LogP contribution < -0.4 is 5.32 Å². The van der Waals surface area contributed by atoms with Crippen molar-refractivity contribution in [1.29, 1.82) is 0 Å². The number of azide groups is 1. The Morgan fingerprint density at radius 3 is 3.05 bits per heavy atom. The average Bonchev–Trinajstić information content (AvgIpc) is 2.47. The van der Waals surface area contributed by atoms with E-state index in [0.29, 0.717) is 32.5 Å². The van der Waals surface area contributed by atoms with Gasteiger partial charge >= 0.3 is 5.97 Å². The van der Waals surface area contributed by atoms with Gasteiger partial charge in [-0.3, -0.25) is 4.79 Å². The largest absolute Gasteiger partial charge is 0.465 e. The van der Waals surface area contributed by atoms with Crippen molar-refractivity contribution in [3.63, 3.8) is 0 Å². The van der Waals surface area contributed by atoms with Crippen molar-refractivity contribution in [2.45, 2.75) is 50.7 Å². The van der Waals surface area contributed by atoms with Crippen LogP contribution in [-0.2, 0) is 14.3 Å². The van der Waals surface area contributed by atoms with E-state index in [-0.39, 0.29) is 12.1 Å². The predicted octanol–water partition coefficient (Wildman–Crippen LogP) is 2.17. The number of nitrogens with zero attached hydrogens (tertiary/aromatic N) is 3. The second-order valence-corrected chi connectivity index (χ2v) is 4.99. The van der Waals surface area contributed by atoms with E-state index in [9.17, 15) is 4.79 Å². The van der Waals surface area contributed by atoms with Crippen molar-refractivity contribution in [3.8, 4) is 0 Å². The molecule has 0 amide bonds. The third-order valence-corrected chi connectivity index (χ3v) is 3.67. The molecule has 0 spiro atoms. The van der Waals surface area contributed by atoms with Gasteiger partial charge in [0.1, 0.15) is 5.54 Å². The minimum absolute atomic E-state index is 0.0813. The first-order valence-corrected chi connectivity index (χ1v) is 7.14. The van der Waals surface area contributed by atoms with Crippen molar-refractivity contribution >= 4 is 5.97 Å². The Balaban J connectivity index is 2.63. The summed E-state index contributed by atoms with van der Waals surface area (Å²) in [5, 5.41) is 6.79. The summed E-state index contributed by atoms with van der Waals surface area (Å²) in [7, 11) is 1.67. The van der Waals surface area contributed by atoms with Crippen LogP contribution in [0.2, 0.25) is 0 Å². The Hall–Kier alpha value is -1.30. The zero-order chi connectivity index (χ0) is 14.8. The van der Waals surface area contributed by atoms with E-state index >= 15 is 0 Å².